The number of nitrogens with zero attached hydrogens (tertiary/aromatic N) is 3. The summed E-state index contributed by atoms with van der Waals surface area (Å²) in [6.45, 7) is 3.28. The minimum absolute atomic E-state index is 0.0441. The van der Waals surface area contributed by atoms with Crippen molar-refractivity contribution in [3.63, 3.8) is 0 Å². The van der Waals surface area contributed by atoms with Crippen LogP contribution in [0.1, 0.15) is 44.1 Å². The van der Waals surface area contributed by atoms with Crippen LogP contribution in [-0.4, -0.2) is 47.9 Å². The smallest absolute Gasteiger partial charge is 0.227 e. The van der Waals surface area contributed by atoms with Gasteiger partial charge in [0.2, 0.25) is 11.8 Å². The third kappa shape index (κ3) is 5.63. The van der Waals surface area contributed by atoms with Crippen molar-refractivity contribution in [3.05, 3.63) is 54.2 Å². The Kier molecular flexibility index (Phi) is 7.18. The minimum atomic E-state index is -0.0624. The topological polar surface area (TPSA) is 65.5 Å². The first kappa shape index (κ1) is 21.3. The van der Waals surface area contributed by atoms with E-state index in [0.29, 0.717) is 32.4 Å². The lowest BCUT2D eigenvalue weighted by Gasteiger charge is -2.32. The van der Waals surface area contributed by atoms with Crippen LogP contribution in [0.3, 0.4) is 0 Å². The number of likely N-dealkylation sites (tertiary alicyclic amines) is 1. The van der Waals surface area contributed by atoms with E-state index >= 15 is 0 Å². The largest absolute Gasteiger partial charge is 0.355 e. The Hall–Kier alpha value is -2.89. The summed E-state index contributed by atoms with van der Waals surface area (Å²) in [6.07, 6.45) is 8.09. The summed E-state index contributed by atoms with van der Waals surface area (Å²) in [4.78, 5) is 34.2. The number of benzene rings is 1. The van der Waals surface area contributed by atoms with Crippen molar-refractivity contribution in [1.29, 1.82) is 0 Å². The molecule has 31 heavy (non-hydrogen) atoms. The average Bonchev–Trinajstić information content (AvgIpc) is 2.84. The molecule has 2 aliphatic heterocycles. The maximum absolute atomic E-state index is 12.9. The van der Waals surface area contributed by atoms with Gasteiger partial charge < -0.3 is 15.1 Å². The molecule has 3 heterocycles. The van der Waals surface area contributed by atoms with E-state index in [0.717, 1.165) is 31.0 Å². The molecule has 4 rings (SSSR count). The number of hydrogen-bond acceptors (Lipinski definition) is 4. The molecule has 2 aliphatic rings. The number of pyridine rings is 1. The van der Waals surface area contributed by atoms with Crippen molar-refractivity contribution < 1.29 is 9.59 Å². The molecular weight excluding hydrogens is 388 g/mol. The highest BCUT2D eigenvalue weighted by molar-refractivity contribution is 5.95. The van der Waals surface area contributed by atoms with Crippen LogP contribution in [-0.2, 0) is 16.0 Å². The SMILES string of the molecule is O=C(Nc1cccnc1N1CCCCC1)C1CCN(C(=O)CCc2ccccc2)CC1. The number of carbonyl (C=O) groups is 2. The molecule has 1 aromatic carbocycles. The second-order valence-electron chi connectivity index (χ2n) is 8.55. The zero-order valence-electron chi connectivity index (χ0n) is 18.1. The highest BCUT2D eigenvalue weighted by atomic mass is 16.2. The highest BCUT2D eigenvalue weighted by Gasteiger charge is 2.28. The Labute approximate surface area is 184 Å². The van der Waals surface area contributed by atoms with Crippen molar-refractivity contribution in [2.45, 2.75) is 44.9 Å². The summed E-state index contributed by atoms with van der Waals surface area (Å²) in [6, 6.07) is 13.9. The first-order valence-corrected chi connectivity index (χ1v) is 11.5. The van der Waals surface area contributed by atoms with Crippen LogP contribution in [0.2, 0.25) is 0 Å². The molecule has 0 saturated carbocycles. The molecule has 0 atom stereocenters. The van der Waals surface area contributed by atoms with Crippen LogP contribution in [0.25, 0.3) is 0 Å². The van der Waals surface area contributed by atoms with Crippen molar-refractivity contribution in [1.82, 2.24) is 9.88 Å². The van der Waals surface area contributed by atoms with Crippen molar-refractivity contribution in [3.8, 4) is 0 Å². The molecule has 6 nitrogen and oxygen atoms in total. The monoisotopic (exact) mass is 420 g/mol. The van der Waals surface area contributed by atoms with Crippen LogP contribution in [0.5, 0.6) is 0 Å². The number of amides is 2. The van der Waals surface area contributed by atoms with Gasteiger partial charge in [0, 0.05) is 44.7 Å². The molecule has 0 radical (unpaired) electrons. The summed E-state index contributed by atoms with van der Waals surface area (Å²) in [5.74, 6) is 1.04. The molecule has 0 aliphatic carbocycles. The lowest BCUT2D eigenvalue weighted by atomic mass is 9.95. The first-order valence-electron chi connectivity index (χ1n) is 11.5. The minimum Gasteiger partial charge on any atom is -0.355 e. The second kappa shape index (κ2) is 10.4. The molecule has 0 unspecified atom stereocenters. The number of piperidine rings is 2. The highest BCUT2D eigenvalue weighted by Crippen LogP contribution is 2.27. The van der Waals surface area contributed by atoms with Crippen LogP contribution < -0.4 is 10.2 Å². The van der Waals surface area contributed by atoms with Gasteiger partial charge in [0.05, 0.1) is 5.69 Å². The van der Waals surface area contributed by atoms with Crippen molar-refractivity contribution in [2.75, 3.05) is 36.4 Å². The fraction of sp³-hybridized carbons (Fsp3) is 0.480. The fourth-order valence-electron chi connectivity index (χ4n) is 4.53. The molecule has 164 valence electrons. The lowest BCUT2D eigenvalue weighted by Crippen LogP contribution is -2.41. The molecule has 6 heteroatoms. The molecule has 1 N–H and O–H groups in total. The van der Waals surface area contributed by atoms with Gasteiger partial charge in [-0.2, -0.15) is 0 Å². The van der Waals surface area contributed by atoms with E-state index in [1.807, 2.05) is 35.2 Å². The Morgan fingerprint density at radius 3 is 2.42 bits per heavy atom. The summed E-state index contributed by atoms with van der Waals surface area (Å²) in [5, 5.41) is 3.12. The third-order valence-electron chi connectivity index (χ3n) is 6.39. The quantitative estimate of drug-likeness (QED) is 0.770. The Morgan fingerprint density at radius 2 is 1.68 bits per heavy atom. The van der Waals surface area contributed by atoms with Crippen LogP contribution in [0, 0.1) is 5.92 Å². The average molecular weight is 421 g/mol. The van der Waals surface area contributed by atoms with E-state index < -0.39 is 0 Å². The Bertz CT molecular complexity index is 872. The number of hydrogen-bond donors (Lipinski definition) is 1. The zero-order valence-corrected chi connectivity index (χ0v) is 18.1. The standard InChI is InChI=1S/C25H32N4O2/c30-23(12-11-20-8-3-1-4-9-20)28-18-13-21(14-19-28)25(31)27-22-10-7-15-26-24(22)29-16-5-2-6-17-29/h1,3-4,7-10,15,21H,2,5-6,11-14,16-19H2,(H,27,31). The third-order valence-corrected chi connectivity index (χ3v) is 6.39. The summed E-state index contributed by atoms with van der Waals surface area (Å²) in [7, 11) is 0. The first-order chi connectivity index (χ1) is 15.2. The number of aromatic nitrogens is 1. The van der Waals surface area contributed by atoms with Gasteiger partial charge in [-0.05, 0) is 56.2 Å². The normalized spacial score (nSPS) is 17.4. The zero-order chi connectivity index (χ0) is 21.5. The maximum atomic E-state index is 12.9. The maximum Gasteiger partial charge on any atom is 0.227 e. The summed E-state index contributed by atoms with van der Waals surface area (Å²) >= 11 is 0. The van der Waals surface area contributed by atoms with Crippen LogP contribution in [0.15, 0.2) is 48.7 Å². The predicted molar refractivity (Wildman–Crippen MR) is 123 cm³/mol. The Morgan fingerprint density at radius 1 is 0.935 bits per heavy atom. The van der Waals surface area contributed by atoms with Crippen LogP contribution >= 0.6 is 0 Å². The van der Waals surface area contributed by atoms with E-state index in [-0.39, 0.29) is 17.7 Å². The number of carbonyl (C=O) groups excluding carboxylic acids is 2. The van der Waals surface area contributed by atoms with E-state index in [1.165, 1.54) is 24.8 Å². The van der Waals surface area contributed by atoms with E-state index in [9.17, 15) is 9.59 Å². The van der Waals surface area contributed by atoms with Gasteiger partial charge >= 0.3 is 0 Å². The van der Waals surface area contributed by atoms with Gasteiger partial charge in [-0.15, -0.1) is 0 Å². The van der Waals surface area contributed by atoms with Gasteiger partial charge in [-0.1, -0.05) is 30.3 Å². The van der Waals surface area contributed by atoms with Crippen molar-refractivity contribution in [2.24, 2.45) is 5.92 Å². The molecular formula is C25H32N4O2. The van der Waals surface area contributed by atoms with Gasteiger partial charge in [-0.25, -0.2) is 4.98 Å². The molecule has 0 spiro atoms. The number of aryl methyl sites for hydroxylation is 1. The summed E-state index contributed by atoms with van der Waals surface area (Å²) in [5.41, 5.74) is 1.99. The van der Waals surface area contributed by atoms with E-state index in [2.05, 4.69) is 27.3 Å². The fourth-order valence-corrected chi connectivity index (χ4v) is 4.53. The van der Waals surface area contributed by atoms with Gasteiger partial charge in [0.1, 0.15) is 0 Å². The Balaban J connectivity index is 1.27. The molecule has 0 bridgehead atoms. The second-order valence-corrected chi connectivity index (χ2v) is 8.55. The van der Waals surface area contributed by atoms with E-state index in [1.54, 1.807) is 6.20 Å². The van der Waals surface area contributed by atoms with Gasteiger partial charge in [-0.3, -0.25) is 9.59 Å². The number of rotatable bonds is 6. The number of nitrogens with one attached hydrogen (secondary N) is 1. The molecule has 2 amide bonds. The van der Waals surface area contributed by atoms with Crippen LogP contribution in [0.4, 0.5) is 11.5 Å². The van der Waals surface area contributed by atoms with Gasteiger partial charge in [0.15, 0.2) is 5.82 Å². The van der Waals surface area contributed by atoms with Crippen molar-refractivity contribution >= 4 is 23.3 Å². The lowest BCUT2D eigenvalue weighted by molar-refractivity contribution is -0.134. The molecule has 2 aromatic rings. The molecule has 2 fully saturated rings. The number of anilines is 2. The van der Waals surface area contributed by atoms with E-state index in [4.69, 9.17) is 0 Å². The predicted octanol–water partition coefficient (Wildman–Crippen LogP) is 3.88. The molecule has 2 saturated heterocycles. The van der Waals surface area contributed by atoms with Gasteiger partial charge in [0.25, 0.3) is 0 Å². The molecule has 1 aromatic heterocycles. The summed E-state index contributed by atoms with van der Waals surface area (Å²) < 4.78 is 0.